The predicted molar refractivity (Wildman–Crippen MR) is 109 cm³/mol. The fourth-order valence-corrected chi connectivity index (χ4v) is 5.64. The number of carbonyl (C=O) groups is 1. The Kier molecular flexibility index (Phi) is 5.14. The first kappa shape index (κ1) is 18.9. The number of amides is 1. The summed E-state index contributed by atoms with van der Waals surface area (Å²) in [6.45, 7) is 8.84. The molecule has 0 radical (unpaired) electrons. The van der Waals surface area contributed by atoms with E-state index in [-0.39, 0.29) is 16.7 Å². The highest BCUT2D eigenvalue weighted by atomic mass is 16.2. The Morgan fingerprint density at radius 2 is 1.85 bits per heavy atom. The molecule has 2 aliphatic rings. The number of rotatable bonds is 3. The molecule has 1 aromatic rings. The van der Waals surface area contributed by atoms with Gasteiger partial charge in [0.05, 0.1) is 0 Å². The molecule has 1 N–H and O–H groups in total. The molecule has 1 aromatic carbocycles. The van der Waals surface area contributed by atoms with Gasteiger partial charge in [0.25, 0.3) is 0 Å². The van der Waals surface area contributed by atoms with E-state index >= 15 is 0 Å². The second-order valence-corrected chi connectivity index (χ2v) is 9.08. The number of fused-ring (bicyclic) bond motifs is 2. The maximum atomic E-state index is 12.8. The van der Waals surface area contributed by atoms with Crippen LogP contribution in [-0.2, 0) is 10.2 Å². The van der Waals surface area contributed by atoms with Crippen molar-refractivity contribution >= 4 is 5.91 Å². The lowest BCUT2D eigenvalue weighted by Crippen LogP contribution is -2.52. The van der Waals surface area contributed by atoms with Crippen molar-refractivity contribution in [2.45, 2.75) is 58.8 Å². The van der Waals surface area contributed by atoms with Crippen LogP contribution in [0, 0.1) is 17.3 Å². The molecule has 2 heteroatoms. The molecule has 0 heterocycles. The van der Waals surface area contributed by atoms with Crippen molar-refractivity contribution in [1.29, 1.82) is 0 Å². The molecule has 0 saturated heterocycles. The van der Waals surface area contributed by atoms with E-state index < -0.39 is 0 Å². The van der Waals surface area contributed by atoms with E-state index in [9.17, 15) is 4.79 Å². The van der Waals surface area contributed by atoms with Crippen LogP contribution in [0.1, 0.15) is 58.9 Å². The van der Waals surface area contributed by atoms with Gasteiger partial charge in [0.1, 0.15) is 0 Å². The number of hydrogen-bond donors (Lipinski definition) is 1. The van der Waals surface area contributed by atoms with Gasteiger partial charge >= 0.3 is 0 Å². The Morgan fingerprint density at radius 3 is 2.46 bits per heavy atom. The molecule has 26 heavy (non-hydrogen) atoms. The minimum absolute atomic E-state index is 0.104. The number of allylic oxidation sites excluding steroid dienone is 4. The zero-order valence-corrected chi connectivity index (χ0v) is 16.9. The van der Waals surface area contributed by atoms with Crippen molar-refractivity contribution in [2.24, 2.45) is 17.3 Å². The standard InChI is InChI=1S/C24H33NO/c1-17(2)11-12-21-18(3)13-24(20-9-7-6-8-10-20)15-19(21)14-23(4,16-24)22(26)25-5/h6-12,18-19H,13-16H2,1-5H3,(H,25,26)/b21-12+. The van der Waals surface area contributed by atoms with Crippen molar-refractivity contribution in [3.05, 3.63) is 59.2 Å². The highest BCUT2D eigenvalue weighted by molar-refractivity contribution is 5.82. The minimum atomic E-state index is -0.308. The molecule has 0 aromatic heterocycles. The van der Waals surface area contributed by atoms with Crippen molar-refractivity contribution in [2.75, 3.05) is 7.05 Å². The van der Waals surface area contributed by atoms with Crippen LogP contribution in [0.3, 0.4) is 0 Å². The first-order chi connectivity index (χ1) is 12.3. The van der Waals surface area contributed by atoms with Crippen molar-refractivity contribution in [1.82, 2.24) is 5.32 Å². The minimum Gasteiger partial charge on any atom is -0.359 e. The van der Waals surface area contributed by atoms with Crippen LogP contribution < -0.4 is 5.32 Å². The Balaban J connectivity index is 2.08. The quantitative estimate of drug-likeness (QED) is 0.775. The van der Waals surface area contributed by atoms with E-state index in [1.165, 1.54) is 16.7 Å². The average molecular weight is 352 g/mol. The molecule has 3 rings (SSSR count). The third kappa shape index (κ3) is 3.39. The third-order valence-corrected chi connectivity index (χ3v) is 6.57. The van der Waals surface area contributed by atoms with Gasteiger partial charge in [0, 0.05) is 12.5 Å². The Morgan fingerprint density at radius 1 is 1.15 bits per heavy atom. The summed E-state index contributed by atoms with van der Waals surface area (Å²) in [6, 6.07) is 10.9. The topological polar surface area (TPSA) is 29.1 Å². The predicted octanol–water partition coefficient (Wildman–Crippen LogP) is 5.41. The molecule has 140 valence electrons. The number of nitrogens with one attached hydrogen (secondary N) is 1. The van der Waals surface area contributed by atoms with Crippen LogP contribution in [-0.4, -0.2) is 13.0 Å². The van der Waals surface area contributed by atoms with Crippen molar-refractivity contribution in [3.63, 3.8) is 0 Å². The first-order valence-electron chi connectivity index (χ1n) is 9.92. The molecule has 2 saturated carbocycles. The van der Waals surface area contributed by atoms with Crippen LogP contribution in [0.5, 0.6) is 0 Å². The van der Waals surface area contributed by atoms with Crippen LogP contribution in [0.25, 0.3) is 0 Å². The molecule has 2 aliphatic carbocycles. The van der Waals surface area contributed by atoms with E-state index in [4.69, 9.17) is 0 Å². The van der Waals surface area contributed by atoms with Crippen LogP contribution in [0.4, 0.5) is 0 Å². The van der Waals surface area contributed by atoms with Crippen LogP contribution >= 0.6 is 0 Å². The van der Waals surface area contributed by atoms with Gasteiger partial charge in [-0.3, -0.25) is 4.79 Å². The van der Waals surface area contributed by atoms with E-state index in [0.717, 1.165) is 25.7 Å². The van der Waals surface area contributed by atoms with Crippen molar-refractivity contribution in [3.8, 4) is 0 Å². The first-order valence-corrected chi connectivity index (χ1v) is 9.92. The Labute approximate surface area is 158 Å². The second kappa shape index (κ2) is 7.06. The van der Waals surface area contributed by atoms with Gasteiger partial charge in [-0.2, -0.15) is 0 Å². The van der Waals surface area contributed by atoms with Gasteiger partial charge in [0.15, 0.2) is 0 Å². The molecule has 0 spiro atoms. The average Bonchev–Trinajstić information content (AvgIpc) is 2.60. The van der Waals surface area contributed by atoms with Gasteiger partial charge in [-0.15, -0.1) is 0 Å². The van der Waals surface area contributed by atoms with E-state index in [2.05, 4.69) is 75.5 Å². The van der Waals surface area contributed by atoms with Gasteiger partial charge in [0.2, 0.25) is 5.91 Å². The largest absolute Gasteiger partial charge is 0.359 e. The monoisotopic (exact) mass is 351 g/mol. The van der Waals surface area contributed by atoms with E-state index in [1.807, 2.05) is 0 Å². The second-order valence-electron chi connectivity index (χ2n) is 9.08. The molecule has 4 unspecified atom stereocenters. The van der Waals surface area contributed by atoms with Gasteiger partial charge in [-0.1, -0.05) is 67.5 Å². The lowest BCUT2D eigenvalue weighted by Gasteiger charge is -2.55. The molecule has 4 atom stereocenters. The fraction of sp³-hybridized carbons (Fsp3) is 0.542. The highest BCUT2D eigenvalue weighted by Crippen LogP contribution is 2.59. The normalized spacial score (nSPS) is 35.0. The van der Waals surface area contributed by atoms with Crippen LogP contribution in [0.15, 0.2) is 53.6 Å². The molecule has 0 aliphatic heterocycles. The molecule has 2 nitrogen and oxygen atoms in total. The summed E-state index contributed by atoms with van der Waals surface area (Å²) in [5.74, 6) is 1.23. The van der Waals surface area contributed by atoms with Crippen LogP contribution in [0.2, 0.25) is 0 Å². The summed E-state index contributed by atoms with van der Waals surface area (Å²) in [7, 11) is 1.77. The fourth-order valence-electron chi connectivity index (χ4n) is 5.64. The maximum Gasteiger partial charge on any atom is 0.225 e. The summed E-state index contributed by atoms with van der Waals surface area (Å²) in [5.41, 5.74) is 4.07. The summed E-state index contributed by atoms with van der Waals surface area (Å²) < 4.78 is 0. The van der Waals surface area contributed by atoms with Gasteiger partial charge in [-0.05, 0) is 62.3 Å². The molecule has 2 bridgehead atoms. The summed E-state index contributed by atoms with van der Waals surface area (Å²) >= 11 is 0. The number of hydrogen-bond acceptors (Lipinski definition) is 1. The molecular weight excluding hydrogens is 318 g/mol. The summed E-state index contributed by atoms with van der Waals surface area (Å²) in [5, 5.41) is 2.94. The maximum absolute atomic E-state index is 12.8. The van der Waals surface area contributed by atoms with Crippen molar-refractivity contribution < 1.29 is 4.79 Å². The Bertz CT molecular complexity index is 724. The van der Waals surface area contributed by atoms with E-state index in [1.54, 1.807) is 7.05 Å². The van der Waals surface area contributed by atoms with Gasteiger partial charge in [-0.25, -0.2) is 0 Å². The number of benzene rings is 1. The lowest BCUT2D eigenvalue weighted by atomic mass is 9.49. The summed E-state index contributed by atoms with van der Waals surface area (Å²) in [6.07, 6.45) is 8.77. The highest BCUT2D eigenvalue weighted by Gasteiger charge is 2.54. The molecule has 2 fully saturated rings. The smallest absolute Gasteiger partial charge is 0.225 e. The zero-order valence-electron chi connectivity index (χ0n) is 16.9. The third-order valence-electron chi connectivity index (χ3n) is 6.57. The number of carbonyl (C=O) groups excluding carboxylic acids is 1. The lowest BCUT2D eigenvalue weighted by molar-refractivity contribution is -0.134. The molecule has 1 amide bonds. The van der Waals surface area contributed by atoms with E-state index in [0.29, 0.717) is 11.8 Å². The Hall–Kier alpha value is -1.83. The molecular formula is C24H33NO. The van der Waals surface area contributed by atoms with Gasteiger partial charge < -0.3 is 5.32 Å². The zero-order chi connectivity index (χ0) is 18.9. The SMILES string of the molecule is CNC(=O)C1(C)CC2CC(c3ccccc3)(CC(C)/C2=C\C=C(C)C)C1. The summed E-state index contributed by atoms with van der Waals surface area (Å²) in [4.78, 5) is 12.8.